The van der Waals surface area contributed by atoms with Crippen molar-refractivity contribution in [1.29, 1.82) is 0 Å². The number of anilines is 1. The summed E-state index contributed by atoms with van der Waals surface area (Å²) in [6.45, 7) is 4.28. The number of nitrogens with one attached hydrogen (secondary N) is 1. The van der Waals surface area contributed by atoms with Crippen LogP contribution in [0.3, 0.4) is 0 Å². The monoisotopic (exact) mass is 349 g/mol. The largest absolute Gasteiger partial charge is 0.378 e. The predicted molar refractivity (Wildman–Crippen MR) is 91.2 cm³/mol. The third-order valence-electron chi connectivity index (χ3n) is 3.59. The van der Waals surface area contributed by atoms with Crippen LogP contribution in [-0.2, 0) is 6.42 Å². The fraction of sp³-hybridized carbons (Fsp3) is 0.333. The topological polar surface area (TPSA) is 12.0 Å². The van der Waals surface area contributed by atoms with Gasteiger partial charge in [-0.15, -0.1) is 0 Å². The van der Waals surface area contributed by atoms with Crippen molar-refractivity contribution in [2.75, 3.05) is 5.32 Å². The van der Waals surface area contributed by atoms with Crippen molar-refractivity contribution >= 4 is 21.6 Å². The van der Waals surface area contributed by atoms with Crippen molar-refractivity contribution in [2.24, 2.45) is 0 Å². The summed E-state index contributed by atoms with van der Waals surface area (Å²) in [7, 11) is 0. The van der Waals surface area contributed by atoms with Crippen LogP contribution in [0.5, 0.6) is 0 Å². The Morgan fingerprint density at radius 1 is 1.14 bits per heavy atom. The number of halogens is 2. The van der Waals surface area contributed by atoms with Crippen molar-refractivity contribution < 1.29 is 4.39 Å². The maximum atomic E-state index is 13.1. The third-order valence-corrected chi connectivity index (χ3v) is 4.27. The van der Waals surface area contributed by atoms with Crippen molar-refractivity contribution in [3.8, 4) is 0 Å². The molecule has 1 unspecified atom stereocenters. The Morgan fingerprint density at radius 2 is 1.86 bits per heavy atom. The van der Waals surface area contributed by atoms with Crippen molar-refractivity contribution in [3.05, 3.63) is 63.9 Å². The molecule has 1 N–H and O–H groups in total. The standard InChI is InChI=1S/C18H21BrFN/c1-3-4-5-14-6-9-16(10-7-14)21-13(2)17-11-8-15(20)12-18(17)19/h6-13,21H,3-5H2,1-2H3. The van der Waals surface area contributed by atoms with Crippen molar-refractivity contribution in [2.45, 2.75) is 39.2 Å². The van der Waals surface area contributed by atoms with E-state index in [1.807, 2.05) is 6.07 Å². The Hall–Kier alpha value is -1.35. The molecular formula is C18H21BrFN. The van der Waals surface area contributed by atoms with E-state index in [-0.39, 0.29) is 11.9 Å². The lowest BCUT2D eigenvalue weighted by molar-refractivity contribution is 0.625. The van der Waals surface area contributed by atoms with E-state index in [1.165, 1.54) is 30.5 Å². The minimum Gasteiger partial charge on any atom is -0.378 e. The van der Waals surface area contributed by atoms with Gasteiger partial charge < -0.3 is 5.32 Å². The van der Waals surface area contributed by atoms with Gasteiger partial charge >= 0.3 is 0 Å². The van der Waals surface area contributed by atoms with Crippen LogP contribution >= 0.6 is 15.9 Å². The van der Waals surface area contributed by atoms with Gasteiger partial charge in [0, 0.05) is 16.2 Å². The first-order chi connectivity index (χ1) is 10.1. The molecule has 2 aromatic rings. The van der Waals surface area contributed by atoms with Gasteiger partial charge in [0.1, 0.15) is 5.82 Å². The average Bonchev–Trinajstić information content (AvgIpc) is 2.46. The molecule has 0 heterocycles. The number of hydrogen-bond donors (Lipinski definition) is 1. The summed E-state index contributed by atoms with van der Waals surface area (Å²) in [5.74, 6) is -0.224. The molecule has 112 valence electrons. The highest BCUT2D eigenvalue weighted by Gasteiger charge is 2.10. The summed E-state index contributed by atoms with van der Waals surface area (Å²) in [4.78, 5) is 0. The fourth-order valence-corrected chi connectivity index (χ4v) is 3.02. The zero-order valence-electron chi connectivity index (χ0n) is 12.5. The molecule has 0 amide bonds. The van der Waals surface area contributed by atoms with Crippen LogP contribution < -0.4 is 5.32 Å². The first-order valence-electron chi connectivity index (χ1n) is 7.40. The molecule has 0 fully saturated rings. The van der Waals surface area contributed by atoms with Gasteiger partial charge in [0.25, 0.3) is 0 Å². The quantitative estimate of drug-likeness (QED) is 0.663. The lowest BCUT2D eigenvalue weighted by Gasteiger charge is -2.17. The summed E-state index contributed by atoms with van der Waals surface area (Å²) in [5, 5.41) is 3.45. The zero-order chi connectivity index (χ0) is 15.2. The highest BCUT2D eigenvalue weighted by molar-refractivity contribution is 9.10. The lowest BCUT2D eigenvalue weighted by atomic mass is 10.1. The molecule has 0 aliphatic rings. The number of hydrogen-bond acceptors (Lipinski definition) is 1. The lowest BCUT2D eigenvalue weighted by Crippen LogP contribution is -2.07. The van der Waals surface area contributed by atoms with E-state index in [2.05, 4.69) is 59.4 Å². The molecule has 0 saturated heterocycles. The highest BCUT2D eigenvalue weighted by atomic mass is 79.9. The summed E-state index contributed by atoms with van der Waals surface area (Å²) < 4.78 is 13.9. The van der Waals surface area contributed by atoms with E-state index >= 15 is 0 Å². The van der Waals surface area contributed by atoms with Gasteiger partial charge in [-0.1, -0.05) is 47.5 Å². The summed E-state index contributed by atoms with van der Waals surface area (Å²) in [6, 6.07) is 13.5. The molecule has 2 aromatic carbocycles. The zero-order valence-corrected chi connectivity index (χ0v) is 14.1. The first-order valence-corrected chi connectivity index (χ1v) is 8.20. The van der Waals surface area contributed by atoms with Crippen molar-refractivity contribution in [3.63, 3.8) is 0 Å². The summed E-state index contributed by atoms with van der Waals surface area (Å²) in [6.07, 6.45) is 3.58. The summed E-state index contributed by atoms with van der Waals surface area (Å²) in [5.41, 5.74) is 3.50. The van der Waals surface area contributed by atoms with Crippen LogP contribution in [0.1, 0.15) is 43.9 Å². The minimum atomic E-state index is -0.224. The maximum Gasteiger partial charge on any atom is 0.124 e. The van der Waals surface area contributed by atoms with Gasteiger partial charge in [-0.2, -0.15) is 0 Å². The van der Waals surface area contributed by atoms with Gasteiger partial charge in [0.05, 0.1) is 0 Å². The third kappa shape index (κ3) is 4.57. The SMILES string of the molecule is CCCCc1ccc(NC(C)c2ccc(F)cc2Br)cc1. The smallest absolute Gasteiger partial charge is 0.124 e. The van der Waals surface area contributed by atoms with Crippen LogP contribution in [0.4, 0.5) is 10.1 Å². The molecule has 3 heteroatoms. The van der Waals surface area contributed by atoms with Crippen LogP contribution in [0.2, 0.25) is 0 Å². The van der Waals surface area contributed by atoms with Gasteiger partial charge in [-0.05, 0) is 55.2 Å². The molecule has 0 aromatic heterocycles. The van der Waals surface area contributed by atoms with Gasteiger partial charge in [0.2, 0.25) is 0 Å². The van der Waals surface area contributed by atoms with E-state index in [9.17, 15) is 4.39 Å². The van der Waals surface area contributed by atoms with Crippen molar-refractivity contribution in [1.82, 2.24) is 0 Å². The normalized spacial score (nSPS) is 12.2. The average molecular weight is 350 g/mol. The molecule has 0 spiro atoms. The highest BCUT2D eigenvalue weighted by Crippen LogP contribution is 2.27. The van der Waals surface area contributed by atoms with E-state index in [4.69, 9.17) is 0 Å². The Kier molecular flexibility index (Phi) is 5.80. The Labute approximate surface area is 134 Å². The van der Waals surface area contributed by atoms with Crippen LogP contribution in [-0.4, -0.2) is 0 Å². The fourth-order valence-electron chi connectivity index (χ4n) is 2.33. The molecule has 0 aliphatic carbocycles. The molecule has 0 aliphatic heterocycles. The molecule has 0 radical (unpaired) electrons. The Bertz CT molecular complexity index is 580. The van der Waals surface area contributed by atoms with E-state index in [1.54, 1.807) is 0 Å². The number of rotatable bonds is 6. The summed E-state index contributed by atoms with van der Waals surface area (Å²) >= 11 is 3.42. The predicted octanol–water partition coefficient (Wildman–Crippen LogP) is 6.10. The van der Waals surface area contributed by atoms with Crippen LogP contribution in [0, 0.1) is 5.82 Å². The molecule has 1 nitrogen and oxygen atoms in total. The molecule has 21 heavy (non-hydrogen) atoms. The number of benzene rings is 2. The molecule has 2 rings (SSSR count). The molecule has 0 saturated carbocycles. The van der Waals surface area contributed by atoms with Gasteiger partial charge in [-0.25, -0.2) is 4.39 Å². The van der Waals surface area contributed by atoms with E-state index < -0.39 is 0 Å². The van der Waals surface area contributed by atoms with Gasteiger partial charge in [-0.3, -0.25) is 0 Å². The second kappa shape index (κ2) is 7.60. The molecule has 1 atom stereocenters. The Morgan fingerprint density at radius 3 is 2.48 bits per heavy atom. The van der Waals surface area contributed by atoms with Crippen LogP contribution in [0.15, 0.2) is 46.9 Å². The first kappa shape index (κ1) is 16.0. The van der Waals surface area contributed by atoms with E-state index in [0.717, 1.165) is 22.1 Å². The number of aryl methyl sites for hydroxylation is 1. The Balaban J connectivity index is 2.03. The second-order valence-electron chi connectivity index (χ2n) is 5.33. The second-order valence-corrected chi connectivity index (χ2v) is 6.19. The molecular weight excluding hydrogens is 329 g/mol. The van der Waals surface area contributed by atoms with E-state index in [0.29, 0.717) is 0 Å². The maximum absolute atomic E-state index is 13.1. The minimum absolute atomic E-state index is 0.112. The molecule has 0 bridgehead atoms. The number of unbranched alkanes of at least 4 members (excludes halogenated alkanes) is 1. The van der Waals surface area contributed by atoms with Crippen LogP contribution in [0.25, 0.3) is 0 Å². The van der Waals surface area contributed by atoms with Gasteiger partial charge in [0.15, 0.2) is 0 Å².